The van der Waals surface area contributed by atoms with Crippen LogP contribution in [-0.4, -0.2) is 36.0 Å². The molecule has 0 atom stereocenters. The lowest BCUT2D eigenvalue weighted by atomic mass is 10.3. The van der Waals surface area contributed by atoms with Crippen molar-refractivity contribution in [2.24, 2.45) is 0 Å². The van der Waals surface area contributed by atoms with Gasteiger partial charge < -0.3 is 10.1 Å². The molecule has 0 saturated heterocycles. The van der Waals surface area contributed by atoms with Gasteiger partial charge in [-0.1, -0.05) is 6.08 Å². The largest absolute Gasteiger partial charge is 0.452 e. The lowest BCUT2D eigenvalue weighted by Crippen LogP contribution is -2.41. The standard InChI is InChI=1S/C12H12BrN3O4/c1-2-3-15-12(19)16-10(17)7-20-11(18)8-4-9(13)6-14-5-8/h2,4-6H,1,3,7H2,(H2,15,16,17,19). The first kappa shape index (κ1) is 15.8. The van der Waals surface area contributed by atoms with Gasteiger partial charge in [-0.05, 0) is 22.0 Å². The van der Waals surface area contributed by atoms with Gasteiger partial charge in [-0.2, -0.15) is 0 Å². The summed E-state index contributed by atoms with van der Waals surface area (Å²) < 4.78 is 5.35. The highest BCUT2D eigenvalue weighted by Gasteiger charge is 2.12. The van der Waals surface area contributed by atoms with E-state index in [4.69, 9.17) is 4.74 Å². The molecule has 7 nitrogen and oxygen atoms in total. The number of nitrogens with zero attached hydrogens (tertiary/aromatic N) is 1. The molecular formula is C12H12BrN3O4. The number of imide groups is 1. The number of pyridine rings is 1. The molecule has 20 heavy (non-hydrogen) atoms. The minimum absolute atomic E-state index is 0.197. The fourth-order valence-corrected chi connectivity index (χ4v) is 1.47. The number of nitrogens with one attached hydrogen (secondary N) is 2. The first-order valence-corrected chi connectivity index (χ1v) is 6.28. The van der Waals surface area contributed by atoms with E-state index in [1.54, 1.807) is 0 Å². The van der Waals surface area contributed by atoms with E-state index in [-0.39, 0.29) is 12.1 Å². The first-order chi connectivity index (χ1) is 9.52. The Balaban J connectivity index is 2.39. The van der Waals surface area contributed by atoms with Gasteiger partial charge in [0.15, 0.2) is 6.61 Å². The molecule has 0 fully saturated rings. The van der Waals surface area contributed by atoms with Crippen molar-refractivity contribution in [3.8, 4) is 0 Å². The van der Waals surface area contributed by atoms with Crippen molar-refractivity contribution in [1.82, 2.24) is 15.6 Å². The summed E-state index contributed by atoms with van der Waals surface area (Å²) in [6.45, 7) is 3.07. The van der Waals surface area contributed by atoms with Gasteiger partial charge in [0, 0.05) is 23.4 Å². The number of hydrogen-bond acceptors (Lipinski definition) is 5. The fourth-order valence-electron chi connectivity index (χ4n) is 1.11. The fraction of sp³-hybridized carbons (Fsp3) is 0.167. The zero-order valence-electron chi connectivity index (χ0n) is 10.4. The minimum Gasteiger partial charge on any atom is -0.452 e. The number of hydrogen-bond donors (Lipinski definition) is 2. The van der Waals surface area contributed by atoms with E-state index in [0.717, 1.165) is 0 Å². The molecule has 0 aliphatic carbocycles. The number of aromatic nitrogens is 1. The van der Waals surface area contributed by atoms with Crippen LogP contribution < -0.4 is 10.6 Å². The van der Waals surface area contributed by atoms with Gasteiger partial charge in [-0.3, -0.25) is 15.1 Å². The van der Waals surface area contributed by atoms with Crippen molar-refractivity contribution in [2.75, 3.05) is 13.2 Å². The summed E-state index contributed by atoms with van der Waals surface area (Å²) >= 11 is 3.16. The van der Waals surface area contributed by atoms with Gasteiger partial charge in [-0.15, -0.1) is 6.58 Å². The summed E-state index contributed by atoms with van der Waals surface area (Å²) in [4.78, 5) is 37.8. The second-order valence-corrected chi connectivity index (χ2v) is 4.43. The lowest BCUT2D eigenvalue weighted by molar-refractivity contribution is -0.123. The summed E-state index contributed by atoms with van der Waals surface area (Å²) in [7, 11) is 0. The number of amides is 3. The minimum atomic E-state index is -0.733. The smallest absolute Gasteiger partial charge is 0.340 e. The van der Waals surface area contributed by atoms with Gasteiger partial charge in [0.1, 0.15) is 0 Å². The molecule has 3 amide bonds. The van der Waals surface area contributed by atoms with Gasteiger partial charge in [0.2, 0.25) is 0 Å². The van der Waals surface area contributed by atoms with Crippen LogP contribution in [0, 0.1) is 0 Å². The Bertz CT molecular complexity index is 533. The van der Waals surface area contributed by atoms with E-state index in [0.29, 0.717) is 4.47 Å². The number of halogens is 1. The van der Waals surface area contributed by atoms with E-state index in [9.17, 15) is 14.4 Å². The highest BCUT2D eigenvalue weighted by Crippen LogP contribution is 2.10. The second-order valence-electron chi connectivity index (χ2n) is 3.51. The lowest BCUT2D eigenvalue weighted by Gasteiger charge is -2.06. The van der Waals surface area contributed by atoms with Crippen molar-refractivity contribution in [1.29, 1.82) is 0 Å². The number of carbonyl (C=O) groups excluding carboxylic acids is 3. The van der Waals surface area contributed by atoms with Gasteiger partial charge in [0.05, 0.1) is 5.56 Å². The number of urea groups is 1. The Labute approximate surface area is 123 Å². The zero-order valence-corrected chi connectivity index (χ0v) is 12.0. The maximum absolute atomic E-state index is 11.6. The Hall–Kier alpha value is -2.22. The molecular weight excluding hydrogens is 330 g/mol. The maximum atomic E-state index is 11.6. The van der Waals surface area contributed by atoms with Crippen LogP contribution in [0.5, 0.6) is 0 Å². The van der Waals surface area contributed by atoms with Crippen molar-refractivity contribution in [3.05, 3.63) is 41.2 Å². The highest BCUT2D eigenvalue weighted by molar-refractivity contribution is 9.10. The molecule has 0 aliphatic rings. The Kier molecular flexibility index (Phi) is 6.38. The molecule has 0 saturated carbocycles. The quantitative estimate of drug-likeness (QED) is 0.615. The number of rotatable bonds is 5. The van der Waals surface area contributed by atoms with E-state index < -0.39 is 24.5 Å². The molecule has 0 spiro atoms. The van der Waals surface area contributed by atoms with Crippen molar-refractivity contribution >= 4 is 33.8 Å². The third-order valence-electron chi connectivity index (χ3n) is 1.93. The van der Waals surface area contributed by atoms with Crippen LogP contribution in [0.3, 0.4) is 0 Å². The highest BCUT2D eigenvalue weighted by atomic mass is 79.9. The molecule has 1 aromatic heterocycles. The maximum Gasteiger partial charge on any atom is 0.340 e. The van der Waals surface area contributed by atoms with E-state index >= 15 is 0 Å². The monoisotopic (exact) mass is 341 g/mol. The molecule has 0 aliphatic heterocycles. The Morgan fingerprint density at radius 1 is 1.40 bits per heavy atom. The molecule has 1 heterocycles. The van der Waals surface area contributed by atoms with Gasteiger partial charge in [0.25, 0.3) is 5.91 Å². The summed E-state index contributed by atoms with van der Waals surface area (Å²) in [5.74, 6) is -1.44. The van der Waals surface area contributed by atoms with Crippen molar-refractivity contribution < 1.29 is 19.1 Å². The third-order valence-corrected chi connectivity index (χ3v) is 2.37. The summed E-state index contributed by atoms with van der Waals surface area (Å²) in [5, 5.41) is 4.34. The molecule has 0 unspecified atom stereocenters. The molecule has 0 bridgehead atoms. The topological polar surface area (TPSA) is 97.4 Å². The van der Waals surface area contributed by atoms with E-state index in [2.05, 4.69) is 32.8 Å². The van der Waals surface area contributed by atoms with Gasteiger partial charge >= 0.3 is 12.0 Å². The van der Waals surface area contributed by atoms with Crippen molar-refractivity contribution in [3.63, 3.8) is 0 Å². The van der Waals surface area contributed by atoms with Gasteiger partial charge in [-0.25, -0.2) is 9.59 Å². The third kappa shape index (κ3) is 5.61. The number of ether oxygens (including phenoxy) is 1. The predicted octanol–water partition coefficient (Wildman–Crippen LogP) is 1.01. The summed E-state index contributed by atoms with van der Waals surface area (Å²) in [5.41, 5.74) is 0.197. The molecule has 1 aromatic rings. The van der Waals surface area contributed by atoms with Crippen LogP contribution in [0.4, 0.5) is 4.79 Å². The van der Waals surface area contributed by atoms with E-state index in [1.807, 2.05) is 5.32 Å². The summed E-state index contributed by atoms with van der Waals surface area (Å²) in [6.07, 6.45) is 4.28. The molecule has 8 heteroatoms. The number of esters is 1. The van der Waals surface area contributed by atoms with Crippen LogP contribution >= 0.6 is 15.9 Å². The van der Waals surface area contributed by atoms with Crippen molar-refractivity contribution in [2.45, 2.75) is 0 Å². The van der Waals surface area contributed by atoms with E-state index in [1.165, 1.54) is 24.5 Å². The Morgan fingerprint density at radius 3 is 2.80 bits per heavy atom. The average molecular weight is 342 g/mol. The summed E-state index contributed by atoms with van der Waals surface area (Å²) in [6, 6.07) is 0.819. The van der Waals surface area contributed by atoms with Crippen LogP contribution in [0.25, 0.3) is 0 Å². The van der Waals surface area contributed by atoms with Crippen LogP contribution in [0.1, 0.15) is 10.4 Å². The molecule has 0 radical (unpaired) electrons. The number of carbonyl (C=O) groups is 3. The molecule has 106 valence electrons. The van der Waals surface area contributed by atoms with Crippen LogP contribution in [0.2, 0.25) is 0 Å². The van der Waals surface area contributed by atoms with Crippen LogP contribution in [-0.2, 0) is 9.53 Å². The SMILES string of the molecule is C=CCNC(=O)NC(=O)COC(=O)c1cncc(Br)c1. The second kappa shape index (κ2) is 8.05. The predicted molar refractivity (Wildman–Crippen MR) is 74.0 cm³/mol. The van der Waals surface area contributed by atoms with Crippen LogP contribution in [0.15, 0.2) is 35.6 Å². The molecule has 1 rings (SSSR count). The zero-order chi connectivity index (χ0) is 15.0. The molecule has 2 N–H and O–H groups in total. The first-order valence-electron chi connectivity index (χ1n) is 5.49. The average Bonchev–Trinajstić information content (AvgIpc) is 2.42. The molecule has 0 aromatic carbocycles. The Morgan fingerprint density at radius 2 is 2.15 bits per heavy atom. The normalized spacial score (nSPS) is 9.45.